The minimum absolute atomic E-state index is 0.0628. The highest BCUT2D eigenvalue weighted by molar-refractivity contribution is 6.28. The summed E-state index contributed by atoms with van der Waals surface area (Å²) in [6.45, 7) is 3.22. The van der Waals surface area contributed by atoms with Gasteiger partial charge in [-0.2, -0.15) is 9.97 Å². The summed E-state index contributed by atoms with van der Waals surface area (Å²) in [6.07, 6.45) is -5.76. The maximum absolute atomic E-state index is 12.6. The highest BCUT2D eigenvalue weighted by atomic mass is 35.5. The van der Waals surface area contributed by atoms with Gasteiger partial charge >= 0.3 is 18.3 Å². The minimum Gasteiger partial charge on any atom is -0.479 e. The van der Waals surface area contributed by atoms with Crippen molar-refractivity contribution in [2.75, 3.05) is 12.3 Å². The molecule has 0 unspecified atom stereocenters. The molecule has 0 aliphatic carbocycles. The third kappa shape index (κ3) is 5.69. The van der Waals surface area contributed by atoms with Crippen molar-refractivity contribution in [3.63, 3.8) is 0 Å². The quantitative estimate of drug-likeness (QED) is 0.253. The summed E-state index contributed by atoms with van der Waals surface area (Å²) < 4.78 is 54.9. The van der Waals surface area contributed by atoms with E-state index in [4.69, 9.17) is 26.8 Å². The number of ether oxygens (including phenoxy) is 3. The Labute approximate surface area is 223 Å². The van der Waals surface area contributed by atoms with Crippen molar-refractivity contribution in [3.8, 4) is 5.75 Å². The number of alkyl halides is 3. The van der Waals surface area contributed by atoms with E-state index in [1.165, 1.54) is 18.5 Å². The van der Waals surface area contributed by atoms with Crippen molar-refractivity contribution in [3.05, 3.63) is 41.4 Å². The molecular formula is C23H23ClF3N5O7. The zero-order valence-electron chi connectivity index (χ0n) is 20.4. The molecule has 1 fully saturated rings. The van der Waals surface area contributed by atoms with E-state index in [0.29, 0.717) is 11.2 Å². The summed E-state index contributed by atoms with van der Waals surface area (Å²) in [5.74, 6) is -4.70. The first-order chi connectivity index (χ1) is 18.2. The second kappa shape index (κ2) is 10.5. The maximum atomic E-state index is 12.6. The van der Waals surface area contributed by atoms with Crippen LogP contribution in [0.4, 0.5) is 19.0 Å². The molecule has 0 saturated carbocycles. The molecule has 3 heterocycles. The molecule has 16 heteroatoms. The fourth-order valence-electron chi connectivity index (χ4n) is 4.41. The molecule has 0 amide bonds. The number of aliphatic carboxylic acids is 2. The second-order valence-corrected chi connectivity index (χ2v) is 9.44. The van der Waals surface area contributed by atoms with Gasteiger partial charge in [-0.3, -0.25) is 4.57 Å². The number of carboxylic acids is 2. The first-order valence-corrected chi connectivity index (χ1v) is 11.9. The number of nitrogens with two attached hydrogens (primary N) is 1. The van der Waals surface area contributed by atoms with Crippen LogP contribution in [0.5, 0.6) is 5.75 Å². The van der Waals surface area contributed by atoms with Crippen molar-refractivity contribution < 1.29 is 47.2 Å². The van der Waals surface area contributed by atoms with E-state index in [1.54, 1.807) is 4.57 Å². The summed E-state index contributed by atoms with van der Waals surface area (Å²) in [4.78, 5) is 36.6. The van der Waals surface area contributed by atoms with Crippen LogP contribution in [0.3, 0.4) is 0 Å². The molecule has 1 aliphatic rings. The van der Waals surface area contributed by atoms with Gasteiger partial charge in [0.1, 0.15) is 17.5 Å². The predicted octanol–water partition coefficient (Wildman–Crippen LogP) is 3.30. The molecule has 210 valence electrons. The van der Waals surface area contributed by atoms with Crippen molar-refractivity contribution >= 4 is 40.5 Å². The molecule has 1 aliphatic heterocycles. The molecule has 4 rings (SSSR count). The molecule has 4 N–H and O–H groups in total. The zero-order valence-corrected chi connectivity index (χ0v) is 21.2. The van der Waals surface area contributed by atoms with E-state index in [9.17, 15) is 33.0 Å². The SMILES string of the molecule is C[C@H]1[C@H](C)[C@@H](COC(Cc2cccc(OC(F)(F)F)c2)(C(=O)O)C(=O)O)O[C@H]1n1cnc2c(N)nc(Cl)nc21. The van der Waals surface area contributed by atoms with Crippen molar-refractivity contribution in [1.82, 2.24) is 19.5 Å². The van der Waals surface area contributed by atoms with Gasteiger partial charge in [0, 0.05) is 12.3 Å². The van der Waals surface area contributed by atoms with Crippen molar-refractivity contribution in [2.45, 2.75) is 44.6 Å². The number of nitrogens with zero attached hydrogens (tertiary/aromatic N) is 4. The number of nitrogen functional groups attached to an aromatic ring is 1. The average Bonchev–Trinajstić information content (AvgIpc) is 3.36. The summed E-state index contributed by atoms with van der Waals surface area (Å²) in [6, 6.07) is 4.34. The Morgan fingerprint density at radius 3 is 2.51 bits per heavy atom. The number of benzene rings is 1. The Morgan fingerprint density at radius 1 is 1.18 bits per heavy atom. The third-order valence-corrected chi connectivity index (χ3v) is 6.81. The molecule has 3 aromatic rings. The Balaban J connectivity index is 1.56. The molecule has 4 atom stereocenters. The smallest absolute Gasteiger partial charge is 0.479 e. The van der Waals surface area contributed by atoms with Gasteiger partial charge in [0.25, 0.3) is 5.60 Å². The molecule has 1 aromatic carbocycles. The van der Waals surface area contributed by atoms with E-state index in [1.807, 2.05) is 13.8 Å². The molecule has 0 bridgehead atoms. The number of aromatic nitrogens is 4. The lowest BCUT2D eigenvalue weighted by molar-refractivity contribution is -0.274. The lowest BCUT2D eigenvalue weighted by atomic mass is 9.92. The Bertz CT molecular complexity index is 1390. The predicted molar refractivity (Wildman–Crippen MR) is 128 cm³/mol. The summed E-state index contributed by atoms with van der Waals surface area (Å²) in [7, 11) is 0. The van der Waals surface area contributed by atoms with Crippen LogP contribution in [0.1, 0.15) is 25.6 Å². The van der Waals surface area contributed by atoms with Crippen LogP contribution in [0.15, 0.2) is 30.6 Å². The summed E-state index contributed by atoms with van der Waals surface area (Å²) >= 11 is 5.94. The van der Waals surface area contributed by atoms with Crippen LogP contribution < -0.4 is 10.5 Å². The standard InChI is InChI=1S/C23H23ClF3N5O7/c1-10-11(2)18(32-9-29-15-16(28)30-21(24)31-17(15)32)38-14(10)8-37-22(19(33)34,20(35)36)7-12-4-3-5-13(6-12)39-23(25,26)27/h3-6,9-11,14,18H,7-8H2,1-2H3,(H,33,34)(H,35,36)(H2,28,30,31)/t10-,11-,14+,18+/m0/s1. The van der Waals surface area contributed by atoms with Gasteiger partial charge in [-0.1, -0.05) is 26.0 Å². The van der Waals surface area contributed by atoms with Gasteiger partial charge in [-0.15, -0.1) is 13.2 Å². The number of imidazole rings is 1. The molecule has 12 nitrogen and oxygen atoms in total. The van der Waals surface area contributed by atoms with Gasteiger partial charge in [0.15, 0.2) is 11.5 Å². The first kappa shape index (κ1) is 28.3. The fraction of sp³-hybridized carbons (Fsp3) is 0.435. The first-order valence-electron chi connectivity index (χ1n) is 11.5. The monoisotopic (exact) mass is 573 g/mol. The molecule has 0 radical (unpaired) electrons. The van der Waals surface area contributed by atoms with Crippen LogP contribution in [0, 0.1) is 11.8 Å². The van der Waals surface area contributed by atoms with E-state index in [2.05, 4.69) is 19.7 Å². The van der Waals surface area contributed by atoms with E-state index >= 15 is 0 Å². The maximum Gasteiger partial charge on any atom is 0.573 e. The topological polar surface area (TPSA) is 172 Å². The Kier molecular flexibility index (Phi) is 7.60. The van der Waals surface area contributed by atoms with Crippen LogP contribution in [0.25, 0.3) is 11.2 Å². The molecule has 2 aromatic heterocycles. The summed E-state index contributed by atoms with van der Waals surface area (Å²) in [5.41, 5.74) is 3.59. The Hall–Kier alpha value is -3.69. The highest BCUT2D eigenvalue weighted by Gasteiger charge is 2.50. The third-order valence-electron chi connectivity index (χ3n) is 6.65. The van der Waals surface area contributed by atoms with Crippen LogP contribution >= 0.6 is 11.6 Å². The van der Waals surface area contributed by atoms with E-state index in [0.717, 1.165) is 12.1 Å². The van der Waals surface area contributed by atoms with Crippen molar-refractivity contribution in [1.29, 1.82) is 0 Å². The zero-order chi connectivity index (χ0) is 28.7. The number of halogens is 4. The molecular weight excluding hydrogens is 551 g/mol. The molecule has 39 heavy (non-hydrogen) atoms. The lowest BCUT2D eigenvalue weighted by Gasteiger charge is -2.28. The number of carboxylic acid groups (broad SMARTS) is 2. The normalized spacial score (nSPS) is 21.8. The van der Waals surface area contributed by atoms with Gasteiger partial charge < -0.3 is 30.2 Å². The fourth-order valence-corrected chi connectivity index (χ4v) is 4.58. The van der Waals surface area contributed by atoms with Crippen LogP contribution in [0.2, 0.25) is 5.28 Å². The number of carbonyl (C=O) groups is 2. The van der Waals surface area contributed by atoms with Gasteiger partial charge in [-0.25, -0.2) is 14.6 Å². The molecule has 1 saturated heterocycles. The largest absolute Gasteiger partial charge is 0.573 e. The number of fused-ring (bicyclic) bond motifs is 1. The van der Waals surface area contributed by atoms with Crippen LogP contribution in [-0.4, -0.2) is 66.3 Å². The average molecular weight is 574 g/mol. The molecule has 0 spiro atoms. The number of rotatable bonds is 9. The highest BCUT2D eigenvalue weighted by Crippen LogP contribution is 2.41. The Morgan fingerprint density at radius 2 is 1.87 bits per heavy atom. The van der Waals surface area contributed by atoms with Gasteiger partial charge in [0.05, 0.1) is 19.0 Å². The van der Waals surface area contributed by atoms with Gasteiger partial charge in [-0.05, 0) is 35.2 Å². The lowest BCUT2D eigenvalue weighted by Crippen LogP contribution is -2.52. The minimum atomic E-state index is -4.99. The number of hydrogen-bond donors (Lipinski definition) is 3. The van der Waals surface area contributed by atoms with E-state index < -0.39 is 55.0 Å². The second-order valence-electron chi connectivity index (χ2n) is 9.11. The summed E-state index contributed by atoms with van der Waals surface area (Å²) in [5, 5.41) is 19.6. The van der Waals surface area contributed by atoms with Gasteiger partial charge in [0.2, 0.25) is 5.28 Å². The van der Waals surface area contributed by atoms with E-state index in [-0.39, 0.29) is 28.5 Å². The number of hydrogen-bond acceptors (Lipinski definition) is 9. The van der Waals surface area contributed by atoms with Crippen LogP contribution in [-0.2, 0) is 25.5 Å². The number of anilines is 1. The van der Waals surface area contributed by atoms with Crippen molar-refractivity contribution in [2.24, 2.45) is 11.8 Å².